The first-order valence-corrected chi connectivity index (χ1v) is 19.7. The van der Waals surface area contributed by atoms with Crippen LogP contribution in [0, 0.1) is 11.6 Å². The molecule has 0 fully saturated rings. The Labute approximate surface area is 353 Å². The van der Waals surface area contributed by atoms with Crippen molar-refractivity contribution < 1.29 is 18.4 Å². The third kappa shape index (κ3) is 12.3. The van der Waals surface area contributed by atoms with Crippen LogP contribution in [0.2, 0.25) is 0 Å². The molecule has 2 amide bonds. The molecule has 0 aliphatic carbocycles. The van der Waals surface area contributed by atoms with E-state index in [2.05, 4.69) is 37.4 Å². The maximum atomic E-state index is 13.2. The molecule has 0 unspecified atom stereocenters. The van der Waals surface area contributed by atoms with Crippen LogP contribution in [-0.4, -0.2) is 32.0 Å². The van der Waals surface area contributed by atoms with Crippen molar-refractivity contribution in [2.75, 3.05) is 11.1 Å². The second-order valence-electron chi connectivity index (χ2n) is 12.5. The molecule has 4 aromatic carbocycles. The maximum absolute atomic E-state index is 13.2. The highest BCUT2D eigenvalue weighted by Crippen LogP contribution is 2.29. The topological polar surface area (TPSA) is 162 Å². The molecule has 14 heteroatoms. The number of carbonyl (C=O) groups is 2. The van der Waals surface area contributed by atoms with Crippen molar-refractivity contribution in [1.82, 2.24) is 25.5 Å². The summed E-state index contributed by atoms with van der Waals surface area (Å²) >= 11 is 2.86. The summed E-state index contributed by atoms with van der Waals surface area (Å²) in [7, 11) is 0. The van der Waals surface area contributed by atoms with Gasteiger partial charge in [0.05, 0.1) is 16.9 Å². The Morgan fingerprint density at radius 3 is 1.98 bits per heavy atom. The van der Waals surface area contributed by atoms with Gasteiger partial charge in [0, 0.05) is 29.0 Å². The van der Waals surface area contributed by atoms with Gasteiger partial charge < -0.3 is 22.1 Å². The van der Waals surface area contributed by atoms with Crippen LogP contribution in [0.15, 0.2) is 203 Å². The van der Waals surface area contributed by atoms with Gasteiger partial charge in [-0.05, 0) is 125 Å². The summed E-state index contributed by atoms with van der Waals surface area (Å²) in [5.74, 6) is -1.13. The molecule has 6 N–H and O–H groups in total. The van der Waals surface area contributed by atoms with E-state index in [-0.39, 0.29) is 29.3 Å². The number of halogens is 2. The monoisotopic (exact) mass is 834 g/mol. The molecule has 0 atom stereocenters. The molecular formula is C46H36F2N8O2S2. The van der Waals surface area contributed by atoms with Crippen LogP contribution in [0.25, 0.3) is 16.7 Å². The van der Waals surface area contributed by atoms with Crippen molar-refractivity contribution in [2.45, 2.75) is 20.0 Å². The van der Waals surface area contributed by atoms with Crippen molar-refractivity contribution in [1.29, 1.82) is 0 Å². The van der Waals surface area contributed by atoms with Crippen molar-refractivity contribution in [3.63, 3.8) is 0 Å². The highest BCUT2D eigenvalue weighted by atomic mass is 32.2. The number of aromatic nitrogens is 4. The summed E-state index contributed by atoms with van der Waals surface area (Å²) in [6.45, 7) is 3.68. The van der Waals surface area contributed by atoms with Gasteiger partial charge in [0.15, 0.2) is 0 Å². The van der Waals surface area contributed by atoms with E-state index in [9.17, 15) is 18.4 Å². The summed E-state index contributed by atoms with van der Waals surface area (Å²) in [4.78, 5) is 34.7. The molecule has 0 saturated heterocycles. The third-order valence-electron chi connectivity index (χ3n) is 8.26. The lowest BCUT2D eigenvalue weighted by Gasteiger charge is -2.11. The fraction of sp³-hybridized carbons (Fsp3) is 0. The van der Waals surface area contributed by atoms with Crippen LogP contribution in [0.1, 0.15) is 26.3 Å². The van der Waals surface area contributed by atoms with Gasteiger partial charge in [-0.15, -0.1) is 5.10 Å². The van der Waals surface area contributed by atoms with Crippen LogP contribution in [0.5, 0.6) is 0 Å². The summed E-state index contributed by atoms with van der Waals surface area (Å²) in [5.41, 5.74) is 16.9. The van der Waals surface area contributed by atoms with Gasteiger partial charge in [0.2, 0.25) is 0 Å². The zero-order chi connectivity index (χ0) is 42.3. The first-order valence-electron chi connectivity index (χ1n) is 18.1. The number of benzene rings is 4. The van der Waals surface area contributed by atoms with E-state index in [4.69, 9.17) is 11.5 Å². The van der Waals surface area contributed by atoms with Crippen molar-refractivity contribution in [3.05, 3.63) is 211 Å². The molecule has 7 rings (SSSR count). The van der Waals surface area contributed by atoms with Gasteiger partial charge in [-0.3, -0.25) is 9.59 Å². The van der Waals surface area contributed by atoms with Gasteiger partial charge in [-0.1, -0.05) is 78.7 Å². The summed E-state index contributed by atoms with van der Waals surface area (Å²) in [5, 5.41) is 15.7. The minimum Gasteiger partial charge on any atom is -0.397 e. The van der Waals surface area contributed by atoms with Gasteiger partial charge in [0.1, 0.15) is 32.5 Å². The molecule has 10 nitrogen and oxygen atoms in total. The Bertz CT molecular complexity index is 2610. The number of hydrogen-bond acceptors (Lipinski definition) is 10. The highest BCUT2D eigenvalue weighted by Gasteiger charge is 2.12. The number of nitrogens with zero attached hydrogens (tertiary/aromatic N) is 4. The highest BCUT2D eigenvalue weighted by molar-refractivity contribution is 7.99. The molecule has 3 aromatic heterocycles. The standard InChI is InChI=1S/C23H17FN4OS.C23H19FN4OS/c24-18-8-4-15(5-9-18)16-6-10-19(25)20(13-16)28-23(29)17-7-11-22(27-14-17)30-21-3-1-2-12-26-21;1-2-4-18(16-6-10-19(24)11-7-16)15-21(25)27-23(29)17-8-12-20(13-9-17)30-22-5-3-14-26-28-22/h1-14H,25H2,(H,28,29);2-15H,1,25H2,(H,27,29)/b;18-4+,21-15+. The second kappa shape index (κ2) is 20.8. The molecule has 60 heavy (non-hydrogen) atoms. The number of nitrogens with two attached hydrogens (primary N) is 2. The number of rotatable bonds is 12. The molecule has 0 bridgehead atoms. The van der Waals surface area contributed by atoms with Gasteiger partial charge in [0.25, 0.3) is 11.8 Å². The zero-order valence-electron chi connectivity index (χ0n) is 31.7. The van der Waals surface area contributed by atoms with Gasteiger partial charge in [-0.25, -0.2) is 18.7 Å². The van der Waals surface area contributed by atoms with E-state index in [1.807, 2.05) is 48.5 Å². The average molecular weight is 835 g/mol. The normalized spacial score (nSPS) is 11.2. The van der Waals surface area contributed by atoms with Crippen molar-refractivity contribution in [2.24, 2.45) is 5.73 Å². The molecule has 298 valence electrons. The number of carbonyl (C=O) groups excluding carboxylic acids is 2. The van der Waals surface area contributed by atoms with Crippen LogP contribution >= 0.6 is 23.5 Å². The molecule has 0 radical (unpaired) electrons. The van der Waals surface area contributed by atoms with E-state index in [1.54, 1.807) is 91.3 Å². The second-order valence-corrected chi connectivity index (χ2v) is 14.7. The maximum Gasteiger partial charge on any atom is 0.257 e. The van der Waals surface area contributed by atoms with Crippen LogP contribution < -0.4 is 22.1 Å². The third-order valence-corrected chi connectivity index (χ3v) is 10.1. The van der Waals surface area contributed by atoms with E-state index in [1.165, 1.54) is 54.0 Å². The molecule has 0 spiro atoms. The zero-order valence-corrected chi connectivity index (χ0v) is 33.3. The van der Waals surface area contributed by atoms with Crippen LogP contribution in [0.4, 0.5) is 20.2 Å². The number of nitrogen functional groups attached to an aromatic ring is 1. The van der Waals surface area contributed by atoms with E-state index in [0.29, 0.717) is 28.1 Å². The van der Waals surface area contributed by atoms with Crippen molar-refractivity contribution in [3.8, 4) is 11.1 Å². The molecule has 0 aliphatic heterocycles. The molecular weight excluding hydrogens is 799 g/mol. The summed E-state index contributed by atoms with van der Waals surface area (Å²) in [6.07, 6.45) is 9.77. The Hall–Kier alpha value is -7.42. The molecule has 3 heterocycles. The lowest BCUT2D eigenvalue weighted by Crippen LogP contribution is -2.27. The minimum atomic E-state index is -0.336. The number of allylic oxidation sites excluding steroid dienone is 4. The lowest BCUT2D eigenvalue weighted by molar-refractivity contribution is 0.0964. The van der Waals surface area contributed by atoms with Gasteiger partial charge in [-0.2, -0.15) is 5.10 Å². The minimum absolute atomic E-state index is 0.162. The summed E-state index contributed by atoms with van der Waals surface area (Å²) in [6, 6.07) is 37.3. The Morgan fingerprint density at radius 1 is 0.667 bits per heavy atom. The quantitative estimate of drug-likeness (QED) is 0.0689. The first kappa shape index (κ1) is 42.2. The Morgan fingerprint density at radius 2 is 1.33 bits per heavy atom. The average Bonchev–Trinajstić information content (AvgIpc) is 3.26. The SMILES string of the molecule is C=C/C=C(\C=C(/N)NC(=O)c1ccc(Sc2cccnn2)cc1)c1ccc(F)cc1.Nc1ccc(-c2ccc(F)cc2)cc1NC(=O)c1ccc(Sc2ccccn2)nc1. The van der Waals surface area contributed by atoms with Gasteiger partial charge >= 0.3 is 0 Å². The van der Waals surface area contributed by atoms with Crippen LogP contribution in [-0.2, 0) is 0 Å². The fourth-order valence-corrected chi connectivity index (χ4v) is 6.78. The van der Waals surface area contributed by atoms with E-state index < -0.39 is 0 Å². The Kier molecular flexibility index (Phi) is 14.7. The molecule has 0 aliphatic rings. The largest absolute Gasteiger partial charge is 0.397 e. The number of pyridine rings is 2. The number of hydrogen-bond donors (Lipinski definition) is 4. The number of amides is 2. The number of anilines is 2. The van der Waals surface area contributed by atoms with E-state index in [0.717, 1.165) is 36.7 Å². The Balaban J connectivity index is 0.000000201. The fourth-order valence-electron chi connectivity index (χ4n) is 5.31. The van der Waals surface area contributed by atoms with E-state index >= 15 is 0 Å². The first-order chi connectivity index (χ1) is 29.1. The smallest absolute Gasteiger partial charge is 0.257 e. The molecule has 7 aromatic rings. The molecule has 0 saturated carbocycles. The predicted molar refractivity (Wildman–Crippen MR) is 234 cm³/mol. The predicted octanol–water partition coefficient (Wildman–Crippen LogP) is 9.83. The lowest BCUT2D eigenvalue weighted by atomic mass is 10.0. The van der Waals surface area contributed by atoms with Crippen molar-refractivity contribution >= 4 is 52.3 Å². The number of nitrogens with one attached hydrogen (secondary N) is 2. The summed E-state index contributed by atoms with van der Waals surface area (Å²) < 4.78 is 26.3. The van der Waals surface area contributed by atoms with Crippen LogP contribution in [0.3, 0.4) is 0 Å².